The molecule has 0 bridgehead atoms. The normalized spacial score (nSPS) is 13.1. The third-order valence-electron chi connectivity index (χ3n) is 5.96. The van der Waals surface area contributed by atoms with Gasteiger partial charge in [-0.15, -0.1) is 0 Å². The molecule has 0 amide bonds. The van der Waals surface area contributed by atoms with E-state index >= 15 is 0 Å². The Kier molecular flexibility index (Phi) is 6.10. The Morgan fingerprint density at radius 2 is 1.82 bits per heavy atom. The average Bonchev–Trinajstić information content (AvgIpc) is 2.85. The van der Waals surface area contributed by atoms with Crippen LogP contribution in [0.15, 0.2) is 70.9 Å². The van der Waals surface area contributed by atoms with Gasteiger partial charge in [0, 0.05) is 29.6 Å². The Labute approximate surface area is 213 Å². The van der Waals surface area contributed by atoms with Crippen molar-refractivity contribution in [3.05, 3.63) is 82.7 Å². The maximum Gasteiger partial charge on any atom is 0.412 e. The molecule has 38 heavy (non-hydrogen) atoms. The van der Waals surface area contributed by atoms with Crippen molar-refractivity contribution in [1.29, 1.82) is 0 Å². The zero-order chi connectivity index (χ0) is 27.2. The summed E-state index contributed by atoms with van der Waals surface area (Å²) >= 11 is 0. The van der Waals surface area contributed by atoms with E-state index in [1.807, 2.05) is 0 Å². The summed E-state index contributed by atoms with van der Waals surface area (Å²) in [5, 5.41) is 2.58. The summed E-state index contributed by atoms with van der Waals surface area (Å²) < 4.78 is 69.1. The molecule has 4 aromatic heterocycles. The molecule has 0 radical (unpaired) electrons. The molecule has 13 heteroatoms. The average molecular weight is 541 g/mol. The van der Waals surface area contributed by atoms with Gasteiger partial charge in [-0.3, -0.25) is 9.78 Å². The lowest BCUT2D eigenvalue weighted by Crippen LogP contribution is -2.30. The summed E-state index contributed by atoms with van der Waals surface area (Å²) in [6.07, 6.45) is -0.0290. The van der Waals surface area contributed by atoms with Gasteiger partial charge in [-0.05, 0) is 42.8 Å². The maximum atomic E-state index is 14.7. The van der Waals surface area contributed by atoms with Crippen LogP contribution in [0.25, 0.3) is 33.2 Å². The molecule has 0 aliphatic rings. The lowest BCUT2D eigenvalue weighted by atomic mass is 9.95. The first-order chi connectivity index (χ1) is 17.9. The topological polar surface area (TPSA) is 131 Å². The molecule has 4 heterocycles. The highest BCUT2D eigenvalue weighted by molar-refractivity contribution is 7.91. The van der Waals surface area contributed by atoms with Crippen LogP contribution in [0.2, 0.25) is 0 Å². The zero-order valence-electron chi connectivity index (χ0n) is 19.9. The largest absolute Gasteiger partial charge is 0.412 e. The molecule has 2 N–H and O–H groups in total. The van der Waals surface area contributed by atoms with Crippen molar-refractivity contribution >= 4 is 37.6 Å². The number of para-hydroxylation sites is 1. The molecule has 194 valence electrons. The lowest BCUT2D eigenvalue weighted by Gasteiger charge is -2.25. The van der Waals surface area contributed by atoms with Gasteiger partial charge in [0.25, 0.3) is 5.56 Å². The van der Waals surface area contributed by atoms with Gasteiger partial charge in [-0.2, -0.15) is 13.2 Å². The number of aryl methyl sites for hydroxylation is 1. The molecule has 1 aromatic carbocycles. The SMILES string of the molecule is Cc1cc[nH]c(=O)c1-c1nc2c(S(C)(=O)=O)cccc2cc1[C@@H](Nc1ncnc2cccnc12)C(F)(F)F. The number of aromatic nitrogens is 5. The third-order valence-corrected chi connectivity index (χ3v) is 7.09. The molecular weight excluding hydrogens is 521 g/mol. The molecule has 0 fully saturated rings. The summed E-state index contributed by atoms with van der Waals surface area (Å²) in [7, 11) is -3.79. The predicted molar refractivity (Wildman–Crippen MR) is 135 cm³/mol. The highest BCUT2D eigenvalue weighted by Gasteiger charge is 2.43. The van der Waals surface area contributed by atoms with E-state index in [0.29, 0.717) is 11.1 Å². The number of pyridine rings is 3. The van der Waals surface area contributed by atoms with Gasteiger partial charge in [-0.25, -0.2) is 23.4 Å². The van der Waals surface area contributed by atoms with E-state index in [1.54, 1.807) is 19.1 Å². The molecule has 0 spiro atoms. The second-order valence-corrected chi connectivity index (χ2v) is 10.6. The van der Waals surface area contributed by atoms with Gasteiger partial charge in [0.15, 0.2) is 21.7 Å². The van der Waals surface area contributed by atoms with Crippen LogP contribution in [0.5, 0.6) is 0 Å². The molecular formula is C25H19F3N6O3S. The monoisotopic (exact) mass is 540 g/mol. The molecule has 5 rings (SSSR count). The second-order valence-electron chi connectivity index (χ2n) is 8.60. The molecule has 9 nitrogen and oxygen atoms in total. The second kappa shape index (κ2) is 9.17. The van der Waals surface area contributed by atoms with Gasteiger partial charge in [-0.1, -0.05) is 12.1 Å². The Morgan fingerprint density at radius 3 is 2.53 bits per heavy atom. The van der Waals surface area contributed by atoms with E-state index in [0.717, 1.165) is 12.6 Å². The number of sulfone groups is 1. The number of nitrogens with one attached hydrogen (secondary N) is 2. The summed E-state index contributed by atoms with van der Waals surface area (Å²) in [5.74, 6) is -0.174. The number of hydrogen-bond donors (Lipinski definition) is 2. The van der Waals surface area contributed by atoms with Crippen LogP contribution in [0.4, 0.5) is 19.0 Å². The molecule has 1 atom stereocenters. The first kappa shape index (κ1) is 25.3. The highest BCUT2D eigenvalue weighted by atomic mass is 32.2. The van der Waals surface area contributed by atoms with Crippen molar-refractivity contribution in [3.8, 4) is 11.3 Å². The van der Waals surface area contributed by atoms with Crippen LogP contribution >= 0.6 is 0 Å². The van der Waals surface area contributed by atoms with Crippen molar-refractivity contribution in [2.75, 3.05) is 11.6 Å². The molecule has 0 unspecified atom stereocenters. The van der Waals surface area contributed by atoms with Crippen LogP contribution in [0.1, 0.15) is 17.2 Å². The van der Waals surface area contributed by atoms with Crippen LogP contribution < -0.4 is 10.9 Å². The van der Waals surface area contributed by atoms with E-state index < -0.39 is 33.2 Å². The maximum absolute atomic E-state index is 14.7. The third kappa shape index (κ3) is 4.56. The number of hydrogen-bond acceptors (Lipinski definition) is 8. The number of alkyl halides is 3. The Balaban J connectivity index is 1.84. The summed E-state index contributed by atoms with van der Waals surface area (Å²) in [4.78, 5) is 31.7. The van der Waals surface area contributed by atoms with Gasteiger partial charge in [0.1, 0.15) is 11.8 Å². The number of fused-ring (bicyclic) bond motifs is 2. The van der Waals surface area contributed by atoms with Crippen LogP contribution in [0, 0.1) is 6.92 Å². The summed E-state index contributed by atoms with van der Waals surface area (Å²) in [5.41, 5.74) is -0.740. The number of halogens is 3. The molecule has 0 saturated heterocycles. The van der Waals surface area contributed by atoms with Gasteiger partial charge in [0.05, 0.1) is 27.2 Å². The van der Waals surface area contributed by atoms with Crippen molar-refractivity contribution in [2.24, 2.45) is 0 Å². The molecule has 0 aliphatic heterocycles. The van der Waals surface area contributed by atoms with E-state index in [9.17, 15) is 26.4 Å². The number of nitrogens with zero attached hydrogens (tertiary/aromatic N) is 4. The highest BCUT2D eigenvalue weighted by Crippen LogP contribution is 2.41. The van der Waals surface area contributed by atoms with Gasteiger partial charge < -0.3 is 10.3 Å². The van der Waals surface area contributed by atoms with Gasteiger partial charge >= 0.3 is 6.18 Å². The fraction of sp³-hybridized carbons (Fsp3) is 0.160. The number of benzene rings is 1. The Morgan fingerprint density at radius 1 is 1.03 bits per heavy atom. The van der Waals surface area contributed by atoms with E-state index in [2.05, 4.69) is 30.2 Å². The lowest BCUT2D eigenvalue weighted by molar-refractivity contribution is -0.143. The predicted octanol–water partition coefficient (Wildman–Crippen LogP) is 4.36. The van der Waals surface area contributed by atoms with Crippen LogP contribution in [0.3, 0.4) is 0 Å². The smallest absolute Gasteiger partial charge is 0.353 e. The standard InChI is InChI=1S/C25H19F3N6O3S/c1-13-8-10-30-24(35)18(13)20-15(11-14-5-3-7-17(19(14)33-20)38(2,36)37)22(25(26,27)28)34-23-21-16(31-12-32-23)6-4-9-29-21/h3-12,22H,1-2H3,(H,30,35)(H,31,32,34)/t22-/m1/s1. The minimum atomic E-state index is -4.89. The molecule has 0 aliphatic carbocycles. The Bertz CT molecular complexity index is 1870. The van der Waals surface area contributed by atoms with Crippen molar-refractivity contribution in [2.45, 2.75) is 24.0 Å². The van der Waals surface area contributed by atoms with Gasteiger partial charge in [0.2, 0.25) is 0 Å². The fourth-order valence-electron chi connectivity index (χ4n) is 4.25. The number of rotatable bonds is 5. The fourth-order valence-corrected chi connectivity index (χ4v) is 5.09. The number of aromatic amines is 1. The number of H-pyrrole nitrogens is 1. The molecule has 0 saturated carbocycles. The first-order valence-corrected chi connectivity index (χ1v) is 13.1. The minimum Gasteiger partial charge on any atom is -0.353 e. The minimum absolute atomic E-state index is 0.0496. The van der Waals surface area contributed by atoms with Crippen LogP contribution in [-0.2, 0) is 9.84 Å². The first-order valence-electron chi connectivity index (χ1n) is 11.2. The summed E-state index contributed by atoms with van der Waals surface area (Å²) in [6, 6.07) is 7.69. The van der Waals surface area contributed by atoms with E-state index in [1.165, 1.54) is 42.7 Å². The van der Waals surface area contributed by atoms with Crippen molar-refractivity contribution < 1.29 is 21.6 Å². The van der Waals surface area contributed by atoms with Crippen molar-refractivity contribution in [1.82, 2.24) is 24.9 Å². The quantitative estimate of drug-likeness (QED) is 0.336. The van der Waals surface area contributed by atoms with Crippen molar-refractivity contribution in [3.63, 3.8) is 0 Å². The molecule has 5 aromatic rings. The Hall–Kier alpha value is -4.39. The van der Waals surface area contributed by atoms with Crippen LogP contribution in [-0.4, -0.2) is 45.8 Å². The zero-order valence-corrected chi connectivity index (χ0v) is 20.7. The van der Waals surface area contributed by atoms with E-state index in [-0.39, 0.29) is 38.4 Å². The van der Waals surface area contributed by atoms with E-state index in [4.69, 9.17) is 0 Å². The number of anilines is 1. The summed E-state index contributed by atoms with van der Waals surface area (Å²) in [6.45, 7) is 1.56.